The van der Waals surface area contributed by atoms with Gasteiger partial charge in [0, 0.05) is 13.1 Å². The smallest absolute Gasteiger partial charge is 0.245 e. The number of benzene rings is 1. The van der Waals surface area contributed by atoms with E-state index in [1.165, 1.54) is 0 Å². The molecule has 0 saturated heterocycles. The van der Waals surface area contributed by atoms with Gasteiger partial charge in [-0.15, -0.1) is 0 Å². The molecular weight excluding hydrogens is 266 g/mol. The van der Waals surface area contributed by atoms with Gasteiger partial charge in [-0.1, -0.05) is 0 Å². The number of carbonyl (C=O) groups is 1. The molecule has 6 heteroatoms. The van der Waals surface area contributed by atoms with Crippen LogP contribution in [0.2, 0.25) is 0 Å². The van der Waals surface area contributed by atoms with Gasteiger partial charge in [-0.3, -0.25) is 9.36 Å². The standard InChI is InChI=1S/C15H19N5O/c1-4-19(5-2)14(21)10(3)20-13-8-11(9-16)6-7-12(13)18-15(20)17/h6-8,10H,4-5H2,1-3H3,(H2,17,18). The van der Waals surface area contributed by atoms with Crippen molar-refractivity contribution in [3.05, 3.63) is 23.8 Å². The maximum absolute atomic E-state index is 12.5. The molecule has 2 rings (SSSR count). The van der Waals surface area contributed by atoms with Gasteiger partial charge in [0.05, 0.1) is 22.7 Å². The van der Waals surface area contributed by atoms with Gasteiger partial charge in [-0.25, -0.2) is 4.98 Å². The van der Waals surface area contributed by atoms with E-state index in [1.807, 2.05) is 13.8 Å². The molecule has 1 heterocycles. The first-order valence-corrected chi connectivity index (χ1v) is 6.99. The molecule has 2 N–H and O–H groups in total. The number of nitriles is 1. The summed E-state index contributed by atoms with van der Waals surface area (Å²) in [5, 5.41) is 9.02. The van der Waals surface area contributed by atoms with Crippen LogP contribution in [0.1, 0.15) is 32.4 Å². The summed E-state index contributed by atoms with van der Waals surface area (Å²) in [6.45, 7) is 6.98. The lowest BCUT2D eigenvalue weighted by Gasteiger charge is -2.24. The number of anilines is 1. The second-order valence-electron chi connectivity index (χ2n) is 4.84. The molecule has 1 aromatic carbocycles. The van der Waals surface area contributed by atoms with Gasteiger partial charge in [0.25, 0.3) is 0 Å². The number of hydrogen-bond donors (Lipinski definition) is 1. The Labute approximate surface area is 123 Å². The zero-order valence-electron chi connectivity index (χ0n) is 12.5. The largest absolute Gasteiger partial charge is 0.369 e. The van der Waals surface area contributed by atoms with Crippen LogP contribution < -0.4 is 5.73 Å². The Balaban J connectivity index is 2.52. The Morgan fingerprint density at radius 1 is 1.48 bits per heavy atom. The molecule has 0 bridgehead atoms. The summed E-state index contributed by atoms with van der Waals surface area (Å²) in [5.74, 6) is 0.279. The van der Waals surface area contributed by atoms with Crippen molar-refractivity contribution in [2.75, 3.05) is 18.8 Å². The van der Waals surface area contributed by atoms with Crippen LogP contribution in [0.15, 0.2) is 18.2 Å². The van der Waals surface area contributed by atoms with Crippen molar-refractivity contribution in [3.63, 3.8) is 0 Å². The Kier molecular flexibility index (Phi) is 4.13. The summed E-state index contributed by atoms with van der Waals surface area (Å²) in [4.78, 5) is 18.5. The lowest BCUT2D eigenvalue weighted by atomic mass is 10.2. The molecule has 110 valence electrons. The van der Waals surface area contributed by atoms with Crippen molar-refractivity contribution < 1.29 is 4.79 Å². The normalized spacial score (nSPS) is 12.1. The third-order valence-corrected chi connectivity index (χ3v) is 3.67. The minimum atomic E-state index is -0.455. The summed E-state index contributed by atoms with van der Waals surface area (Å²) in [7, 11) is 0. The molecule has 0 radical (unpaired) electrons. The van der Waals surface area contributed by atoms with E-state index < -0.39 is 6.04 Å². The highest BCUT2D eigenvalue weighted by atomic mass is 16.2. The zero-order valence-corrected chi connectivity index (χ0v) is 12.5. The minimum Gasteiger partial charge on any atom is -0.369 e. The fourth-order valence-electron chi connectivity index (χ4n) is 2.50. The van der Waals surface area contributed by atoms with Crippen LogP contribution in [-0.4, -0.2) is 33.4 Å². The third kappa shape index (κ3) is 2.55. The molecule has 0 fully saturated rings. The number of hydrogen-bond acceptors (Lipinski definition) is 4. The van der Waals surface area contributed by atoms with Gasteiger partial charge >= 0.3 is 0 Å². The SMILES string of the molecule is CCN(CC)C(=O)C(C)n1c(N)nc2ccc(C#N)cc21. The minimum absolute atomic E-state index is 0.00615. The number of rotatable bonds is 4. The highest BCUT2D eigenvalue weighted by Gasteiger charge is 2.23. The van der Waals surface area contributed by atoms with Crippen LogP contribution >= 0.6 is 0 Å². The monoisotopic (exact) mass is 285 g/mol. The number of fused-ring (bicyclic) bond motifs is 1. The van der Waals surface area contributed by atoms with E-state index in [4.69, 9.17) is 11.0 Å². The molecule has 1 amide bonds. The summed E-state index contributed by atoms with van der Waals surface area (Å²) >= 11 is 0. The number of imidazole rings is 1. The van der Waals surface area contributed by atoms with E-state index in [0.29, 0.717) is 29.7 Å². The van der Waals surface area contributed by atoms with Gasteiger partial charge in [0.2, 0.25) is 11.9 Å². The second kappa shape index (κ2) is 5.83. The van der Waals surface area contributed by atoms with Crippen LogP contribution in [0.25, 0.3) is 11.0 Å². The Morgan fingerprint density at radius 3 is 2.71 bits per heavy atom. The molecule has 0 aliphatic carbocycles. The maximum atomic E-state index is 12.5. The van der Waals surface area contributed by atoms with E-state index in [1.54, 1.807) is 34.6 Å². The van der Waals surface area contributed by atoms with E-state index in [-0.39, 0.29) is 11.9 Å². The van der Waals surface area contributed by atoms with Crippen LogP contribution in [0.4, 0.5) is 5.95 Å². The average Bonchev–Trinajstić information content (AvgIpc) is 2.82. The molecule has 0 aliphatic heterocycles. The van der Waals surface area contributed by atoms with Crippen molar-refractivity contribution in [2.45, 2.75) is 26.8 Å². The molecule has 1 atom stereocenters. The van der Waals surface area contributed by atoms with Crippen molar-refractivity contribution in [1.29, 1.82) is 5.26 Å². The number of nitrogens with two attached hydrogens (primary N) is 1. The van der Waals surface area contributed by atoms with Crippen LogP contribution in [0, 0.1) is 11.3 Å². The summed E-state index contributed by atoms with van der Waals surface area (Å²) in [5.41, 5.74) is 7.88. The van der Waals surface area contributed by atoms with Crippen LogP contribution in [-0.2, 0) is 4.79 Å². The van der Waals surface area contributed by atoms with E-state index in [0.717, 1.165) is 0 Å². The van der Waals surface area contributed by atoms with Crippen molar-refractivity contribution in [1.82, 2.24) is 14.5 Å². The highest BCUT2D eigenvalue weighted by Crippen LogP contribution is 2.24. The fourth-order valence-corrected chi connectivity index (χ4v) is 2.50. The number of amides is 1. The maximum Gasteiger partial charge on any atom is 0.245 e. The molecule has 2 aromatic rings. The lowest BCUT2D eigenvalue weighted by Crippen LogP contribution is -2.36. The van der Waals surface area contributed by atoms with Gasteiger partial charge in [-0.05, 0) is 39.0 Å². The van der Waals surface area contributed by atoms with Crippen molar-refractivity contribution in [3.8, 4) is 6.07 Å². The predicted molar refractivity (Wildman–Crippen MR) is 81.5 cm³/mol. The molecule has 21 heavy (non-hydrogen) atoms. The first-order chi connectivity index (χ1) is 10.0. The second-order valence-corrected chi connectivity index (χ2v) is 4.84. The molecular formula is C15H19N5O. The zero-order chi connectivity index (χ0) is 15.6. The number of aromatic nitrogens is 2. The van der Waals surface area contributed by atoms with Gasteiger partial charge in [0.15, 0.2) is 0 Å². The van der Waals surface area contributed by atoms with E-state index in [2.05, 4.69) is 11.1 Å². The molecule has 6 nitrogen and oxygen atoms in total. The molecule has 1 unspecified atom stereocenters. The molecule has 0 saturated carbocycles. The highest BCUT2D eigenvalue weighted by molar-refractivity contribution is 5.86. The van der Waals surface area contributed by atoms with Crippen molar-refractivity contribution in [2.24, 2.45) is 0 Å². The quantitative estimate of drug-likeness (QED) is 0.929. The summed E-state index contributed by atoms with van der Waals surface area (Å²) in [6.07, 6.45) is 0. The van der Waals surface area contributed by atoms with Crippen LogP contribution in [0.3, 0.4) is 0 Å². The Bertz CT molecular complexity index is 709. The third-order valence-electron chi connectivity index (χ3n) is 3.67. The fraction of sp³-hybridized carbons (Fsp3) is 0.400. The number of carbonyl (C=O) groups excluding carboxylic acids is 1. The van der Waals surface area contributed by atoms with E-state index >= 15 is 0 Å². The number of nitrogen functional groups attached to an aromatic ring is 1. The molecule has 1 aromatic heterocycles. The number of likely N-dealkylation sites (N-methyl/N-ethyl adjacent to an activating group) is 1. The van der Waals surface area contributed by atoms with Gasteiger partial charge in [-0.2, -0.15) is 5.26 Å². The summed E-state index contributed by atoms with van der Waals surface area (Å²) < 4.78 is 1.69. The van der Waals surface area contributed by atoms with Crippen LogP contribution in [0.5, 0.6) is 0 Å². The van der Waals surface area contributed by atoms with E-state index in [9.17, 15) is 4.79 Å². The lowest BCUT2D eigenvalue weighted by molar-refractivity contribution is -0.133. The Hall–Kier alpha value is -2.55. The first-order valence-electron chi connectivity index (χ1n) is 6.99. The molecule has 0 spiro atoms. The van der Waals surface area contributed by atoms with Gasteiger partial charge in [0.1, 0.15) is 6.04 Å². The predicted octanol–water partition coefficient (Wildman–Crippen LogP) is 1.92. The summed E-state index contributed by atoms with van der Waals surface area (Å²) in [6, 6.07) is 6.79. The van der Waals surface area contributed by atoms with Crippen molar-refractivity contribution >= 4 is 22.9 Å². The Morgan fingerprint density at radius 2 is 2.14 bits per heavy atom. The topological polar surface area (TPSA) is 87.9 Å². The number of nitrogens with zero attached hydrogens (tertiary/aromatic N) is 4. The van der Waals surface area contributed by atoms with Gasteiger partial charge < -0.3 is 10.6 Å². The average molecular weight is 285 g/mol. The first kappa shape index (κ1) is 14.9. The molecule has 0 aliphatic rings.